The van der Waals surface area contributed by atoms with Crippen molar-refractivity contribution in [2.45, 2.75) is 39.3 Å². The number of halogens is 3. The average molecular weight is 424 g/mol. The van der Waals surface area contributed by atoms with E-state index < -0.39 is 17.5 Å². The van der Waals surface area contributed by atoms with Crippen LogP contribution in [0.25, 0.3) is 0 Å². The molecule has 0 aliphatic carbocycles. The summed E-state index contributed by atoms with van der Waals surface area (Å²) in [4.78, 5) is 26.1. The topological polar surface area (TPSA) is 34.1 Å². The lowest BCUT2D eigenvalue weighted by molar-refractivity contribution is -0.137. The monoisotopic (exact) mass is 424 g/mol. The van der Waals surface area contributed by atoms with Crippen LogP contribution in [-0.4, -0.2) is 11.6 Å². The molecule has 0 radical (unpaired) electrons. The van der Waals surface area contributed by atoms with Gasteiger partial charge in [-0.15, -0.1) is 0 Å². The highest BCUT2D eigenvalue weighted by molar-refractivity contribution is 6.13. The Kier molecular flexibility index (Phi) is 5.90. The van der Waals surface area contributed by atoms with Gasteiger partial charge in [-0.2, -0.15) is 13.2 Å². The van der Waals surface area contributed by atoms with E-state index >= 15 is 0 Å². The second-order valence-corrected chi connectivity index (χ2v) is 8.65. The largest absolute Gasteiger partial charge is 0.416 e. The zero-order valence-corrected chi connectivity index (χ0v) is 17.8. The van der Waals surface area contributed by atoms with Gasteiger partial charge in [0, 0.05) is 22.3 Å². The van der Waals surface area contributed by atoms with Crippen LogP contribution < -0.4 is 0 Å². The molecule has 0 saturated carbocycles. The molecular formula is C26H23F3O2. The Bertz CT molecular complexity index is 1120. The highest BCUT2D eigenvalue weighted by Crippen LogP contribution is 2.30. The van der Waals surface area contributed by atoms with Crippen molar-refractivity contribution in [2.24, 2.45) is 0 Å². The van der Waals surface area contributed by atoms with E-state index in [0.29, 0.717) is 11.1 Å². The minimum Gasteiger partial charge on any atom is -0.289 e. The third-order valence-electron chi connectivity index (χ3n) is 5.11. The van der Waals surface area contributed by atoms with Crippen molar-refractivity contribution in [3.63, 3.8) is 0 Å². The van der Waals surface area contributed by atoms with Crippen molar-refractivity contribution in [1.29, 1.82) is 0 Å². The number of hydrogen-bond donors (Lipinski definition) is 0. The molecule has 3 rings (SSSR count). The molecular weight excluding hydrogens is 401 g/mol. The smallest absolute Gasteiger partial charge is 0.289 e. The van der Waals surface area contributed by atoms with Crippen molar-refractivity contribution < 1.29 is 22.8 Å². The molecule has 0 amide bonds. The zero-order chi connectivity index (χ0) is 23.0. The van der Waals surface area contributed by atoms with Crippen molar-refractivity contribution in [2.75, 3.05) is 0 Å². The number of carbonyl (C=O) groups is 2. The van der Waals surface area contributed by atoms with Gasteiger partial charge in [0.1, 0.15) is 0 Å². The summed E-state index contributed by atoms with van der Waals surface area (Å²) in [6, 6.07) is 16.2. The molecule has 0 unspecified atom stereocenters. The predicted octanol–water partition coefficient (Wildman–Crippen LogP) is 6.77. The Hall–Kier alpha value is -3.21. The molecule has 0 aliphatic rings. The minimum atomic E-state index is -4.47. The van der Waals surface area contributed by atoms with Crippen LogP contribution in [0.4, 0.5) is 13.2 Å². The molecule has 0 aromatic heterocycles. The first kappa shape index (κ1) is 22.5. The van der Waals surface area contributed by atoms with Crippen LogP contribution in [0.1, 0.15) is 69.3 Å². The number of benzene rings is 3. The summed E-state index contributed by atoms with van der Waals surface area (Å²) in [6.45, 7) is 7.83. The lowest BCUT2D eigenvalue weighted by atomic mass is 9.83. The first-order valence-electron chi connectivity index (χ1n) is 9.85. The third kappa shape index (κ3) is 5.10. The fraction of sp³-hybridized carbons (Fsp3) is 0.231. The van der Waals surface area contributed by atoms with Crippen LogP contribution in [0.5, 0.6) is 0 Å². The Morgan fingerprint density at radius 2 is 1.03 bits per heavy atom. The standard InChI is InChI=1S/C26H23F3O2/c1-16-5-7-17(8-6-16)23(30)19-13-20(15-22(14-19)25(2,3)4)24(31)18-9-11-21(12-10-18)26(27,28)29/h5-15H,1-4H3. The van der Waals surface area contributed by atoms with Gasteiger partial charge in [-0.25, -0.2) is 0 Å². The van der Waals surface area contributed by atoms with Crippen molar-refractivity contribution in [3.8, 4) is 0 Å². The maximum Gasteiger partial charge on any atom is 0.416 e. The van der Waals surface area contributed by atoms with Gasteiger partial charge < -0.3 is 0 Å². The van der Waals surface area contributed by atoms with Gasteiger partial charge in [0.2, 0.25) is 0 Å². The van der Waals surface area contributed by atoms with Gasteiger partial charge in [-0.3, -0.25) is 9.59 Å². The second kappa shape index (κ2) is 8.14. The third-order valence-corrected chi connectivity index (χ3v) is 5.11. The van der Waals surface area contributed by atoms with Crippen molar-refractivity contribution in [3.05, 3.63) is 106 Å². The van der Waals surface area contributed by atoms with Crippen LogP contribution in [0.3, 0.4) is 0 Å². The van der Waals surface area contributed by atoms with E-state index in [0.717, 1.165) is 35.4 Å². The van der Waals surface area contributed by atoms with E-state index in [1.807, 2.05) is 39.8 Å². The molecule has 3 aromatic rings. The molecule has 0 heterocycles. The normalized spacial score (nSPS) is 12.0. The molecule has 0 N–H and O–H groups in total. The van der Waals surface area contributed by atoms with E-state index in [2.05, 4.69) is 0 Å². The van der Waals surface area contributed by atoms with Gasteiger partial charge in [-0.1, -0.05) is 62.7 Å². The highest BCUT2D eigenvalue weighted by atomic mass is 19.4. The van der Waals surface area contributed by atoms with E-state index in [1.165, 1.54) is 6.07 Å². The molecule has 160 valence electrons. The summed E-state index contributed by atoms with van der Waals surface area (Å²) in [7, 11) is 0. The fourth-order valence-corrected chi connectivity index (χ4v) is 3.17. The van der Waals surface area contributed by atoms with Crippen LogP contribution in [0.15, 0.2) is 66.7 Å². The van der Waals surface area contributed by atoms with Crippen LogP contribution in [0.2, 0.25) is 0 Å². The Labute approximate surface area is 179 Å². The fourth-order valence-electron chi connectivity index (χ4n) is 3.17. The van der Waals surface area contributed by atoms with Crippen LogP contribution in [0, 0.1) is 6.92 Å². The molecule has 0 aliphatic heterocycles. The Morgan fingerprint density at radius 1 is 0.613 bits per heavy atom. The van der Waals surface area contributed by atoms with Crippen molar-refractivity contribution in [1.82, 2.24) is 0 Å². The van der Waals surface area contributed by atoms with E-state index in [-0.39, 0.29) is 22.3 Å². The summed E-state index contributed by atoms with van der Waals surface area (Å²) < 4.78 is 38.5. The second-order valence-electron chi connectivity index (χ2n) is 8.65. The summed E-state index contributed by atoms with van der Waals surface area (Å²) in [6.07, 6.45) is -4.47. The quantitative estimate of drug-likeness (QED) is 0.433. The Balaban J connectivity index is 2.05. The van der Waals surface area contributed by atoms with E-state index in [9.17, 15) is 22.8 Å². The molecule has 0 fully saturated rings. The number of hydrogen-bond acceptors (Lipinski definition) is 2. The first-order valence-corrected chi connectivity index (χ1v) is 9.85. The van der Waals surface area contributed by atoms with Gasteiger partial charge in [-0.05, 0) is 48.2 Å². The van der Waals surface area contributed by atoms with Gasteiger partial charge in [0.25, 0.3) is 0 Å². The summed E-state index contributed by atoms with van der Waals surface area (Å²) in [5, 5.41) is 0. The van der Waals surface area contributed by atoms with Crippen LogP contribution in [-0.2, 0) is 11.6 Å². The zero-order valence-electron chi connectivity index (χ0n) is 17.8. The number of carbonyl (C=O) groups excluding carboxylic acids is 2. The molecule has 0 spiro atoms. The molecule has 31 heavy (non-hydrogen) atoms. The molecule has 2 nitrogen and oxygen atoms in total. The van der Waals surface area contributed by atoms with Crippen molar-refractivity contribution >= 4 is 11.6 Å². The molecule has 5 heteroatoms. The van der Waals surface area contributed by atoms with Gasteiger partial charge >= 0.3 is 6.18 Å². The average Bonchev–Trinajstić information content (AvgIpc) is 2.72. The predicted molar refractivity (Wildman–Crippen MR) is 115 cm³/mol. The number of rotatable bonds is 4. The number of ketones is 2. The summed E-state index contributed by atoms with van der Waals surface area (Å²) >= 11 is 0. The maximum atomic E-state index is 13.1. The highest BCUT2D eigenvalue weighted by Gasteiger charge is 2.30. The van der Waals surface area contributed by atoms with E-state index in [1.54, 1.807) is 24.3 Å². The maximum absolute atomic E-state index is 13.1. The van der Waals surface area contributed by atoms with Gasteiger partial charge in [0.05, 0.1) is 5.56 Å². The van der Waals surface area contributed by atoms with E-state index in [4.69, 9.17) is 0 Å². The lowest BCUT2D eigenvalue weighted by Gasteiger charge is -2.21. The Morgan fingerprint density at radius 3 is 1.42 bits per heavy atom. The summed E-state index contributed by atoms with van der Waals surface area (Å²) in [5.74, 6) is -0.648. The molecule has 0 saturated heterocycles. The number of alkyl halides is 3. The lowest BCUT2D eigenvalue weighted by Crippen LogP contribution is -2.15. The molecule has 0 bridgehead atoms. The SMILES string of the molecule is Cc1ccc(C(=O)c2cc(C(=O)c3ccc(C(F)(F)F)cc3)cc(C(C)(C)C)c2)cc1. The minimum absolute atomic E-state index is 0.132. The first-order chi connectivity index (χ1) is 14.4. The number of aryl methyl sites for hydroxylation is 1. The molecule has 3 aromatic carbocycles. The summed E-state index contributed by atoms with van der Waals surface area (Å²) in [5.41, 5.74) is 1.94. The van der Waals surface area contributed by atoms with Gasteiger partial charge in [0.15, 0.2) is 11.6 Å². The molecule has 0 atom stereocenters. The van der Waals surface area contributed by atoms with Crippen LogP contribution >= 0.6 is 0 Å².